The summed E-state index contributed by atoms with van der Waals surface area (Å²) in [5, 5.41) is 4.94. The average molecular weight is 337 g/mol. The lowest BCUT2D eigenvalue weighted by molar-refractivity contribution is -0.138. The number of carbonyl (C=O) groups is 2. The minimum atomic E-state index is -4.59. The Morgan fingerprint density at radius 3 is 2.67 bits per heavy atom. The van der Waals surface area contributed by atoms with E-state index in [9.17, 15) is 22.8 Å². The SMILES string of the molecule is C=CCN1CC2=C(C1=O)C(c1ccccc1C(F)(F)F)NC(=O)N2. The second-order valence-corrected chi connectivity index (χ2v) is 5.48. The second kappa shape index (κ2) is 5.70. The van der Waals surface area contributed by atoms with Gasteiger partial charge in [-0.05, 0) is 11.6 Å². The van der Waals surface area contributed by atoms with E-state index in [4.69, 9.17) is 0 Å². The predicted molar refractivity (Wildman–Crippen MR) is 79.7 cm³/mol. The number of benzene rings is 1. The highest BCUT2D eigenvalue weighted by molar-refractivity contribution is 6.01. The molecule has 0 fully saturated rings. The van der Waals surface area contributed by atoms with Crippen molar-refractivity contribution in [2.75, 3.05) is 13.1 Å². The highest BCUT2D eigenvalue weighted by Gasteiger charge is 2.43. The normalized spacial score (nSPS) is 20.6. The van der Waals surface area contributed by atoms with Gasteiger partial charge >= 0.3 is 12.2 Å². The fourth-order valence-corrected chi connectivity index (χ4v) is 2.97. The number of alkyl halides is 3. The van der Waals surface area contributed by atoms with Crippen molar-refractivity contribution in [2.24, 2.45) is 0 Å². The molecule has 0 radical (unpaired) electrons. The number of nitrogens with one attached hydrogen (secondary N) is 2. The number of halogens is 3. The van der Waals surface area contributed by atoms with Crippen molar-refractivity contribution in [1.82, 2.24) is 15.5 Å². The third-order valence-electron chi connectivity index (χ3n) is 3.95. The zero-order chi connectivity index (χ0) is 17.5. The lowest BCUT2D eigenvalue weighted by atomic mass is 9.92. The Balaban J connectivity index is 2.08. The zero-order valence-corrected chi connectivity index (χ0v) is 12.5. The van der Waals surface area contributed by atoms with Crippen LogP contribution in [-0.4, -0.2) is 29.9 Å². The van der Waals surface area contributed by atoms with Gasteiger partial charge in [0.2, 0.25) is 0 Å². The molecule has 0 spiro atoms. The van der Waals surface area contributed by atoms with Crippen molar-refractivity contribution in [3.05, 3.63) is 59.3 Å². The minimum absolute atomic E-state index is 0.133. The van der Waals surface area contributed by atoms with E-state index in [1.54, 1.807) is 0 Å². The van der Waals surface area contributed by atoms with Gasteiger partial charge in [0.25, 0.3) is 5.91 Å². The molecule has 0 saturated heterocycles. The van der Waals surface area contributed by atoms with E-state index in [0.29, 0.717) is 5.70 Å². The first-order valence-corrected chi connectivity index (χ1v) is 7.19. The number of rotatable bonds is 3. The van der Waals surface area contributed by atoms with Crippen LogP contribution in [0.25, 0.3) is 0 Å². The fraction of sp³-hybridized carbons (Fsp3) is 0.250. The van der Waals surface area contributed by atoms with Gasteiger partial charge in [-0.3, -0.25) is 4.79 Å². The maximum Gasteiger partial charge on any atom is 0.416 e. The molecule has 2 heterocycles. The largest absolute Gasteiger partial charge is 0.416 e. The molecule has 5 nitrogen and oxygen atoms in total. The lowest BCUT2D eigenvalue weighted by Crippen LogP contribution is -2.44. The van der Waals surface area contributed by atoms with Crippen LogP contribution in [0, 0.1) is 0 Å². The first-order valence-electron chi connectivity index (χ1n) is 7.19. The lowest BCUT2D eigenvalue weighted by Gasteiger charge is -2.27. The van der Waals surface area contributed by atoms with Gasteiger partial charge in [0, 0.05) is 6.54 Å². The van der Waals surface area contributed by atoms with Crippen LogP contribution in [0.4, 0.5) is 18.0 Å². The van der Waals surface area contributed by atoms with Gasteiger partial charge in [-0.2, -0.15) is 13.2 Å². The van der Waals surface area contributed by atoms with Crippen molar-refractivity contribution in [1.29, 1.82) is 0 Å². The Bertz CT molecular complexity index is 755. The summed E-state index contributed by atoms with van der Waals surface area (Å²) in [4.78, 5) is 25.8. The number of amides is 3. The summed E-state index contributed by atoms with van der Waals surface area (Å²) >= 11 is 0. The molecule has 0 saturated carbocycles. The predicted octanol–water partition coefficient (Wildman–Crippen LogP) is 2.34. The number of urea groups is 1. The van der Waals surface area contributed by atoms with Crippen LogP contribution >= 0.6 is 0 Å². The van der Waals surface area contributed by atoms with Gasteiger partial charge in [0.15, 0.2) is 0 Å². The van der Waals surface area contributed by atoms with E-state index in [-0.39, 0.29) is 24.2 Å². The first-order chi connectivity index (χ1) is 11.3. The third-order valence-corrected chi connectivity index (χ3v) is 3.95. The van der Waals surface area contributed by atoms with E-state index in [1.165, 1.54) is 29.2 Å². The minimum Gasteiger partial charge on any atom is -0.329 e. The summed E-state index contributed by atoms with van der Waals surface area (Å²) in [6.45, 7) is 3.93. The molecule has 24 heavy (non-hydrogen) atoms. The Labute approximate surface area is 135 Å². The van der Waals surface area contributed by atoms with Crippen LogP contribution in [0.5, 0.6) is 0 Å². The van der Waals surface area contributed by atoms with Gasteiger partial charge in [-0.25, -0.2) is 4.79 Å². The highest BCUT2D eigenvalue weighted by Crippen LogP contribution is 2.39. The topological polar surface area (TPSA) is 61.4 Å². The summed E-state index contributed by atoms with van der Waals surface area (Å²) in [7, 11) is 0. The first kappa shape index (κ1) is 16.1. The van der Waals surface area contributed by atoms with E-state index >= 15 is 0 Å². The Morgan fingerprint density at radius 1 is 1.29 bits per heavy atom. The molecule has 1 aromatic rings. The molecule has 2 aliphatic rings. The molecule has 1 atom stereocenters. The Morgan fingerprint density at radius 2 is 2.00 bits per heavy atom. The van der Waals surface area contributed by atoms with E-state index in [1.807, 2.05) is 0 Å². The van der Waals surface area contributed by atoms with Crippen LogP contribution in [-0.2, 0) is 11.0 Å². The van der Waals surface area contributed by atoms with Crippen molar-refractivity contribution in [2.45, 2.75) is 12.2 Å². The molecule has 0 aliphatic carbocycles. The Kier molecular flexibility index (Phi) is 3.82. The van der Waals surface area contributed by atoms with Crippen LogP contribution in [0.3, 0.4) is 0 Å². The Hall–Kier alpha value is -2.77. The monoisotopic (exact) mass is 337 g/mol. The molecule has 0 bridgehead atoms. The average Bonchev–Trinajstić information content (AvgIpc) is 2.82. The van der Waals surface area contributed by atoms with Crippen LogP contribution in [0.15, 0.2) is 48.2 Å². The van der Waals surface area contributed by atoms with E-state index in [0.717, 1.165) is 6.07 Å². The fourth-order valence-electron chi connectivity index (χ4n) is 2.97. The number of hydrogen-bond donors (Lipinski definition) is 2. The molecule has 2 N–H and O–H groups in total. The molecular weight excluding hydrogens is 323 g/mol. The zero-order valence-electron chi connectivity index (χ0n) is 12.5. The number of hydrogen-bond acceptors (Lipinski definition) is 2. The molecule has 1 aromatic carbocycles. The van der Waals surface area contributed by atoms with Crippen molar-refractivity contribution < 1.29 is 22.8 Å². The summed E-state index contributed by atoms with van der Waals surface area (Å²) in [5.74, 6) is -0.417. The third kappa shape index (κ3) is 2.64. The van der Waals surface area contributed by atoms with Crippen molar-refractivity contribution in [3.63, 3.8) is 0 Å². The van der Waals surface area contributed by atoms with Crippen molar-refractivity contribution in [3.8, 4) is 0 Å². The standard InChI is InChI=1S/C16H14F3N3O2/c1-2-7-22-8-11-12(14(22)23)13(21-15(24)20-11)9-5-3-4-6-10(9)16(17,18)19/h2-6,13H,1,7-8H2,(H2,20,21,24). The smallest absolute Gasteiger partial charge is 0.329 e. The number of nitrogens with zero attached hydrogens (tertiary/aromatic N) is 1. The quantitative estimate of drug-likeness (QED) is 0.832. The molecule has 126 valence electrons. The van der Waals surface area contributed by atoms with Crippen molar-refractivity contribution >= 4 is 11.9 Å². The summed E-state index contributed by atoms with van der Waals surface area (Å²) in [6, 6.07) is 3.14. The highest BCUT2D eigenvalue weighted by atomic mass is 19.4. The molecule has 1 unspecified atom stereocenters. The molecule has 8 heteroatoms. The second-order valence-electron chi connectivity index (χ2n) is 5.48. The van der Waals surface area contributed by atoms with Crippen LogP contribution < -0.4 is 10.6 Å². The number of carbonyl (C=O) groups excluding carboxylic acids is 2. The van der Waals surface area contributed by atoms with E-state index in [2.05, 4.69) is 17.2 Å². The molecule has 0 aromatic heterocycles. The molecule has 3 amide bonds. The molecule has 3 rings (SSSR count). The summed E-state index contributed by atoms with van der Waals surface area (Å²) in [6.07, 6.45) is -3.07. The van der Waals surface area contributed by atoms with Gasteiger partial charge in [0.05, 0.1) is 29.4 Å². The van der Waals surface area contributed by atoms with E-state index < -0.39 is 29.7 Å². The van der Waals surface area contributed by atoms with Gasteiger partial charge in [0.1, 0.15) is 0 Å². The molecule has 2 aliphatic heterocycles. The molecular formula is C16H14F3N3O2. The maximum atomic E-state index is 13.3. The van der Waals surface area contributed by atoms with Gasteiger partial charge in [-0.15, -0.1) is 6.58 Å². The van der Waals surface area contributed by atoms with Gasteiger partial charge in [-0.1, -0.05) is 24.3 Å². The summed E-state index contributed by atoms with van der Waals surface area (Å²) in [5.41, 5.74) is -0.569. The maximum absolute atomic E-state index is 13.3. The van der Waals surface area contributed by atoms with Crippen LogP contribution in [0.2, 0.25) is 0 Å². The van der Waals surface area contributed by atoms with Gasteiger partial charge < -0.3 is 15.5 Å². The summed E-state index contributed by atoms with van der Waals surface area (Å²) < 4.78 is 39.9. The van der Waals surface area contributed by atoms with Crippen LogP contribution in [0.1, 0.15) is 17.2 Å².